The molecule has 0 fully saturated rings. The van der Waals surface area contributed by atoms with Crippen LogP contribution in [0.1, 0.15) is 17.8 Å². The number of aromatic nitrogens is 2. The zero-order valence-electron chi connectivity index (χ0n) is 9.85. The van der Waals surface area contributed by atoms with Gasteiger partial charge in [-0.25, -0.2) is 9.97 Å². The Morgan fingerprint density at radius 3 is 2.79 bits per heavy atom. The molecule has 0 amide bonds. The van der Waals surface area contributed by atoms with Crippen LogP contribution in [0.15, 0.2) is 23.6 Å². The quantitative estimate of drug-likeness (QED) is 0.668. The van der Waals surface area contributed by atoms with Crippen molar-refractivity contribution < 1.29 is 0 Å². The van der Waals surface area contributed by atoms with E-state index in [2.05, 4.69) is 22.2 Å². The Kier molecular flexibility index (Phi) is 3.62. The average Bonchev–Trinajstić information content (AvgIpc) is 2.97. The third kappa shape index (κ3) is 2.69. The van der Waals surface area contributed by atoms with Gasteiger partial charge in [0.15, 0.2) is 0 Å². The summed E-state index contributed by atoms with van der Waals surface area (Å²) in [7, 11) is 0. The Morgan fingerprint density at radius 2 is 2.05 bits per heavy atom. The van der Waals surface area contributed by atoms with Crippen LogP contribution in [-0.2, 0) is 0 Å². The first kappa shape index (κ1) is 13.1. The number of halogens is 2. The van der Waals surface area contributed by atoms with Crippen LogP contribution in [0.3, 0.4) is 0 Å². The molecule has 0 aliphatic rings. The van der Waals surface area contributed by atoms with Crippen molar-refractivity contribution in [2.75, 3.05) is 5.32 Å². The van der Waals surface area contributed by atoms with E-state index >= 15 is 0 Å². The van der Waals surface area contributed by atoms with Gasteiger partial charge in [-0.05, 0) is 42.1 Å². The predicted molar refractivity (Wildman–Crippen MR) is 83.8 cm³/mol. The fraction of sp³-hybridized carbons (Fsp3) is 0.167. The lowest BCUT2D eigenvalue weighted by Crippen LogP contribution is -2.07. The van der Waals surface area contributed by atoms with Gasteiger partial charge in [-0.1, -0.05) is 11.6 Å². The number of nitrogens with zero attached hydrogens (tertiary/aromatic N) is 2. The van der Waals surface area contributed by atoms with Crippen LogP contribution in [0.25, 0.3) is 10.2 Å². The summed E-state index contributed by atoms with van der Waals surface area (Å²) in [5.41, 5.74) is 0. The minimum Gasteiger partial charge on any atom is -0.362 e. The fourth-order valence-corrected chi connectivity index (χ4v) is 3.82. The normalized spacial score (nSPS) is 12.8. The van der Waals surface area contributed by atoms with Gasteiger partial charge in [-0.2, -0.15) is 0 Å². The van der Waals surface area contributed by atoms with Gasteiger partial charge in [0.1, 0.15) is 10.6 Å². The first-order valence-corrected chi connectivity index (χ1v) is 8.01. The highest BCUT2D eigenvalue weighted by Gasteiger charge is 2.13. The van der Waals surface area contributed by atoms with Gasteiger partial charge < -0.3 is 5.32 Å². The van der Waals surface area contributed by atoms with Crippen molar-refractivity contribution in [3.8, 4) is 0 Å². The molecular weight excluding hydrogens is 321 g/mol. The van der Waals surface area contributed by atoms with E-state index in [0.717, 1.165) is 25.2 Å². The first-order chi connectivity index (χ1) is 9.13. The summed E-state index contributed by atoms with van der Waals surface area (Å²) < 4.78 is 0.782. The topological polar surface area (TPSA) is 37.8 Å². The summed E-state index contributed by atoms with van der Waals surface area (Å²) in [5, 5.41) is 6.59. The maximum atomic E-state index is 5.96. The van der Waals surface area contributed by atoms with E-state index in [9.17, 15) is 0 Å². The molecule has 1 atom stereocenters. The molecule has 0 aliphatic carbocycles. The number of hydrogen-bond donors (Lipinski definition) is 1. The van der Waals surface area contributed by atoms with Crippen molar-refractivity contribution in [1.29, 1.82) is 0 Å². The molecule has 3 aromatic heterocycles. The summed E-state index contributed by atoms with van der Waals surface area (Å²) >= 11 is 15.0. The molecule has 1 unspecified atom stereocenters. The van der Waals surface area contributed by atoms with Crippen molar-refractivity contribution in [2.24, 2.45) is 0 Å². The van der Waals surface area contributed by atoms with Crippen LogP contribution in [0.2, 0.25) is 9.62 Å². The van der Waals surface area contributed by atoms with E-state index in [1.54, 1.807) is 22.7 Å². The second-order valence-corrected chi connectivity index (χ2v) is 6.97. The molecule has 0 bridgehead atoms. The van der Waals surface area contributed by atoms with Gasteiger partial charge in [0.05, 0.1) is 15.8 Å². The van der Waals surface area contributed by atoms with Gasteiger partial charge in [-0.15, -0.1) is 22.7 Å². The van der Waals surface area contributed by atoms with Crippen molar-refractivity contribution in [1.82, 2.24) is 9.97 Å². The minimum atomic E-state index is 0.117. The minimum absolute atomic E-state index is 0.117. The molecule has 19 heavy (non-hydrogen) atoms. The van der Waals surface area contributed by atoms with Crippen LogP contribution in [-0.4, -0.2) is 9.97 Å². The SMILES string of the molecule is CC(Nc1nc(Cl)nc2sccc12)c1ccc(Cl)s1. The highest BCUT2D eigenvalue weighted by atomic mass is 35.5. The number of thiophene rings is 2. The highest BCUT2D eigenvalue weighted by molar-refractivity contribution is 7.17. The second kappa shape index (κ2) is 5.25. The molecule has 3 aromatic rings. The molecule has 98 valence electrons. The van der Waals surface area contributed by atoms with Crippen LogP contribution in [0, 0.1) is 0 Å². The van der Waals surface area contributed by atoms with Crippen molar-refractivity contribution in [3.63, 3.8) is 0 Å². The molecule has 0 saturated carbocycles. The Hall–Kier alpha value is -0.880. The average molecular weight is 330 g/mol. The molecule has 0 saturated heterocycles. The molecule has 0 radical (unpaired) electrons. The van der Waals surface area contributed by atoms with E-state index in [-0.39, 0.29) is 11.3 Å². The molecule has 3 nitrogen and oxygen atoms in total. The molecule has 3 rings (SSSR count). The largest absolute Gasteiger partial charge is 0.362 e. The molecule has 3 heterocycles. The van der Waals surface area contributed by atoms with Gasteiger partial charge in [0, 0.05) is 4.88 Å². The van der Waals surface area contributed by atoms with Gasteiger partial charge in [-0.3, -0.25) is 0 Å². The van der Waals surface area contributed by atoms with Crippen LogP contribution < -0.4 is 5.32 Å². The lowest BCUT2D eigenvalue weighted by molar-refractivity contribution is 0.898. The van der Waals surface area contributed by atoms with E-state index in [1.165, 1.54) is 0 Å². The molecule has 7 heteroatoms. The van der Waals surface area contributed by atoms with E-state index in [0.29, 0.717) is 0 Å². The molecule has 0 aliphatic heterocycles. The fourth-order valence-electron chi connectivity index (χ4n) is 1.78. The lowest BCUT2D eigenvalue weighted by Gasteiger charge is -2.13. The standard InChI is InChI=1S/C12H9Cl2N3S2/c1-6(8-2-3-9(13)19-8)15-10-7-4-5-18-11(7)17-12(14)16-10/h2-6H,1H3,(H,15,16,17). The number of nitrogens with one attached hydrogen (secondary N) is 1. The van der Waals surface area contributed by atoms with Gasteiger partial charge in [0.25, 0.3) is 0 Å². The zero-order valence-corrected chi connectivity index (χ0v) is 13.0. The van der Waals surface area contributed by atoms with Gasteiger partial charge >= 0.3 is 0 Å². The molecular formula is C12H9Cl2N3S2. The van der Waals surface area contributed by atoms with E-state index in [1.807, 2.05) is 23.6 Å². The molecule has 0 spiro atoms. The Balaban J connectivity index is 1.94. The highest BCUT2D eigenvalue weighted by Crippen LogP contribution is 2.32. The smallest absolute Gasteiger partial charge is 0.225 e. The van der Waals surface area contributed by atoms with Crippen LogP contribution >= 0.6 is 45.9 Å². The number of anilines is 1. The number of rotatable bonds is 3. The Bertz CT molecular complexity index is 723. The Morgan fingerprint density at radius 1 is 1.21 bits per heavy atom. The van der Waals surface area contributed by atoms with E-state index in [4.69, 9.17) is 23.2 Å². The molecule has 1 N–H and O–H groups in total. The summed E-state index contributed by atoms with van der Waals surface area (Å²) in [6.45, 7) is 2.07. The summed E-state index contributed by atoms with van der Waals surface area (Å²) in [4.78, 5) is 10.5. The summed E-state index contributed by atoms with van der Waals surface area (Å²) in [6, 6.07) is 6.02. The third-order valence-electron chi connectivity index (χ3n) is 2.67. The van der Waals surface area contributed by atoms with E-state index < -0.39 is 0 Å². The van der Waals surface area contributed by atoms with Crippen molar-refractivity contribution >= 4 is 61.9 Å². The molecule has 0 aromatic carbocycles. The van der Waals surface area contributed by atoms with Crippen LogP contribution in [0.4, 0.5) is 5.82 Å². The number of hydrogen-bond acceptors (Lipinski definition) is 5. The third-order valence-corrected chi connectivity index (χ3v) is 5.06. The lowest BCUT2D eigenvalue weighted by atomic mass is 10.2. The first-order valence-electron chi connectivity index (χ1n) is 5.56. The predicted octanol–water partition coefficient (Wildman–Crippen LogP) is 5.23. The summed E-state index contributed by atoms with van der Waals surface area (Å²) in [6.07, 6.45) is 0. The number of fused-ring (bicyclic) bond motifs is 1. The summed E-state index contributed by atoms with van der Waals surface area (Å²) in [5.74, 6) is 0.758. The zero-order chi connectivity index (χ0) is 13.4. The van der Waals surface area contributed by atoms with Crippen molar-refractivity contribution in [2.45, 2.75) is 13.0 Å². The second-order valence-electron chi connectivity index (χ2n) is 3.99. The maximum absolute atomic E-state index is 5.96. The maximum Gasteiger partial charge on any atom is 0.225 e. The Labute approximate surface area is 128 Å². The van der Waals surface area contributed by atoms with Crippen LogP contribution in [0.5, 0.6) is 0 Å². The van der Waals surface area contributed by atoms with Crippen molar-refractivity contribution in [3.05, 3.63) is 38.1 Å². The van der Waals surface area contributed by atoms with Gasteiger partial charge in [0.2, 0.25) is 5.28 Å². The monoisotopic (exact) mass is 329 g/mol.